The number of ether oxygens (including phenoxy) is 4. The highest BCUT2D eigenvalue weighted by molar-refractivity contribution is 7.00. The van der Waals surface area contributed by atoms with Gasteiger partial charge < -0.3 is 28.4 Å². The summed E-state index contributed by atoms with van der Waals surface area (Å²) in [5, 5.41) is 2.37. The first-order valence-electron chi connectivity index (χ1n) is 20.9. The molecule has 0 bridgehead atoms. The molecule has 10 aromatic rings. The number of anilines is 3. The lowest BCUT2D eigenvalue weighted by Crippen LogP contribution is -2.62. The van der Waals surface area contributed by atoms with Crippen LogP contribution in [0.15, 0.2) is 188 Å². The first kappa shape index (κ1) is 33.6. The molecule has 0 amide bonds. The number of hydrogen-bond donors (Lipinski definition) is 0. The molecule has 0 spiro atoms. The molecule has 0 N–H and O–H groups in total. The molecule has 2 aromatic heterocycles. The average molecular weight is 795 g/mol. The molecule has 14 rings (SSSR count). The molecule has 8 aromatic carbocycles. The van der Waals surface area contributed by atoms with Crippen molar-refractivity contribution in [1.82, 2.24) is 9.55 Å². The zero-order valence-corrected chi connectivity index (χ0v) is 33.0. The smallest absolute Gasteiger partial charge is 0.262 e. The van der Waals surface area contributed by atoms with Crippen molar-refractivity contribution in [3.8, 4) is 51.9 Å². The Kier molecular flexibility index (Phi) is 6.88. The zero-order valence-electron chi connectivity index (χ0n) is 33.0. The molecule has 0 unspecified atom stereocenters. The van der Waals surface area contributed by atoms with Gasteiger partial charge in [-0.05, 0) is 70.4 Å². The average Bonchev–Trinajstić information content (AvgIpc) is 3.66. The second-order valence-corrected chi connectivity index (χ2v) is 16.2. The third kappa shape index (κ3) is 4.76. The van der Waals surface area contributed by atoms with Gasteiger partial charge >= 0.3 is 0 Å². The van der Waals surface area contributed by atoms with Crippen molar-refractivity contribution in [3.63, 3.8) is 0 Å². The topological polar surface area (TPSA) is 58.0 Å². The van der Waals surface area contributed by atoms with Crippen LogP contribution in [0.3, 0.4) is 0 Å². The van der Waals surface area contributed by atoms with E-state index in [9.17, 15) is 0 Å². The predicted molar refractivity (Wildman–Crippen MR) is 249 cm³/mol. The molecule has 4 aliphatic heterocycles. The van der Waals surface area contributed by atoms with Gasteiger partial charge in [0.25, 0.3) is 13.4 Å². The summed E-state index contributed by atoms with van der Waals surface area (Å²) in [4.78, 5) is 7.56. The van der Waals surface area contributed by atoms with E-state index >= 15 is 0 Å². The highest BCUT2D eigenvalue weighted by Gasteiger charge is 2.46. The summed E-state index contributed by atoms with van der Waals surface area (Å²) < 4.78 is 29.9. The Balaban J connectivity index is 0.971. The lowest BCUT2D eigenvalue weighted by atomic mass is 9.32. The van der Waals surface area contributed by atoms with E-state index in [-0.39, 0.29) is 13.4 Å². The Morgan fingerprint density at radius 2 is 0.806 bits per heavy atom. The van der Waals surface area contributed by atoms with Crippen LogP contribution in [0.5, 0.6) is 46.3 Å². The maximum atomic E-state index is 6.99. The van der Waals surface area contributed by atoms with Gasteiger partial charge in [-0.25, -0.2) is 0 Å². The number of rotatable bonds is 4. The lowest BCUT2D eigenvalue weighted by Gasteiger charge is -2.36. The summed E-state index contributed by atoms with van der Waals surface area (Å²) >= 11 is 0. The van der Waals surface area contributed by atoms with Gasteiger partial charge in [-0.15, -0.1) is 0 Å². The number of pyridine rings is 1. The van der Waals surface area contributed by atoms with Gasteiger partial charge in [-0.3, -0.25) is 0 Å². The van der Waals surface area contributed by atoms with Crippen molar-refractivity contribution in [1.29, 1.82) is 0 Å². The largest absolute Gasteiger partial charge is 0.458 e. The van der Waals surface area contributed by atoms with E-state index in [1.807, 2.05) is 30.3 Å². The Morgan fingerprint density at radius 1 is 0.371 bits per heavy atom. The number of hydrogen-bond acceptors (Lipinski definition) is 6. The van der Waals surface area contributed by atoms with Gasteiger partial charge in [0.2, 0.25) is 11.8 Å². The van der Waals surface area contributed by atoms with Crippen LogP contribution < -0.4 is 56.6 Å². The second kappa shape index (κ2) is 12.7. The van der Waals surface area contributed by atoms with E-state index in [1.165, 1.54) is 10.8 Å². The molecule has 0 saturated carbocycles. The van der Waals surface area contributed by atoms with Crippen LogP contribution in [0.4, 0.5) is 17.1 Å². The third-order valence-electron chi connectivity index (χ3n) is 12.8. The van der Waals surface area contributed by atoms with Gasteiger partial charge in [-0.2, -0.15) is 4.98 Å². The van der Waals surface area contributed by atoms with Crippen molar-refractivity contribution in [2.75, 3.05) is 4.90 Å². The van der Waals surface area contributed by atoms with Crippen molar-refractivity contribution in [2.24, 2.45) is 0 Å². The number of fused-ring (bicyclic) bond motifs is 11. The van der Waals surface area contributed by atoms with Crippen LogP contribution in [0, 0.1) is 0 Å². The van der Waals surface area contributed by atoms with E-state index in [1.54, 1.807) is 0 Å². The summed E-state index contributed by atoms with van der Waals surface area (Å²) in [5.41, 5.74) is 12.1. The summed E-state index contributed by atoms with van der Waals surface area (Å²) in [6.07, 6.45) is 0. The molecule has 288 valence electrons. The van der Waals surface area contributed by atoms with E-state index in [0.717, 1.165) is 89.6 Å². The molecular weight excluding hydrogens is 764 g/mol. The molecule has 0 saturated heterocycles. The van der Waals surface area contributed by atoms with Crippen molar-refractivity contribution in [3.05, 3.63) is 188 Å². The first-order valence-corrected chi connectivity index (χ1v) is 20.9. The quantitative estimate of drug-likeness (QED) is 0.166. The molecule has 7 nitrogen and oxygen atoms in total. The number of aromatic nitrogens is 2. The molecule has 0 aliphatic carbocycles. The first-order chi connectivity index (χ1) is 30.7. The van der Waals surface area contributed by atoms with Crippen molar-refractivity contribution >= 4 is 85.1 Å². The Morgan fingerprint density at radius 3 is 1.35 bits per heavy atom. The lowest BCUT2D eigenvalue weighted by molar-refractivity contribution is 0.425. The molecule has 4 aliphatic rings. The maximum absolute atomic E-state index is 6.99. The van der Waals surface area contributed by atoms with Gasteiger partial charge in [0.15, 0.2) is 0 Å². The highest BCUT2D eigenvalue weighted by atomic mass is 16.5. The summed E-state index contributed by atoms with van der Waals surface area (Å²) in [7, 11) is 0. The van der Waals surface area contributed by atoms with Crippen LogP contribution in [0.2, 0.25) is 0 Å². The van der Waals surface area contributed by atoms with Crippen molar-refractivity contribution < 1.29 is 18.9 Å². The normalized spacial score (nSPS) is 13.3. The molecule has 62 heavy (non-hydrogen) atoms. The van der Waals surface area contributed by atoms with Gasteiger partial charge in [0, 0.05) is 57.3 Å². The van der Waals surface area contributed by atoms with Crippen LogP contribution in [0.1, 0.15) is 0 Å². The maximum Gasteiger partial charge on any atom is 0.262 e. The fourth-order valence-corrected chi connectivity index (χ4v) is 10.3. The molecule has 6 heterocycles. The van der Waals surface area contributed by atoms with Gasteiger partial charge in [0.05, 0.1) is 22.4 Å². The van der Waals surface area contributed by atoms with Crippen LogP contribution >= 0.6 is 0 Å². The monoisotopic (exact) mass is 795 g/mol. The third-order valence-corrected chi connectivity index (χ3v) is 12.8. The molecule has 9 heteroatoms. The number of para-hydroxylation sites is 6. The number of benzene rings is 8. The number of nitrogens with zero attached hydrogens (tertiary/aromatic N) is 3. The van der Waals surface area contributed by atoms with Crippen molar-refractivity contribution in [2.45, 2.75) is 0 Å². The Bertz CT molecular complexity index is 3430. The zero-order chi connectivity index (χ0) is 40.5. The Labute approximate surface area is 357 Å². The highest BCUT2D eigenvalue weighted by Crippen LogP contribution is 2.44. The predicted octanol–water partition coefficient (Wildman–Crippen LogP) is 9.10. The fraction of sp³-hybridized carbons (Fsp3) is 0. The fourth-order valence-electron chi connectivity index (χ4n) is 10.3. The van der Waals surface area contributed by atoms with Gasteiger partial charge in [0.1, 0.15) is 34.5 Å². The van der Waals surface area contributed by atoms with Gasteiger partial charge in [-0.1, -0.05) is 115 Å². The summed E-state index contributed by atoms with van der Waals surface area (Å²) in [5.74, 6) is 5.56. The van der Waals surface area contributed by atoms with E-state index in [2.05, 4.69) is 167 Å². The summed E-state index contributed by atoms with van der Waals surface area (Å²) in [6, 6.07) is 65.2. The minimum Gasteiger partial charge on any atom is -0.458 e. The molecular formula is C53H31B2N3O4. The van der Waals surface area contributed by atoms with Crippen LogP contribution in [-0.2, 0) is 0 Å². The van der Waals surface area contributed by atoms with E-state index < -0.39 is 0 Å². The van der Waals surface area contributed by atoms with E-state index in [0.29, 0.717) is 23.3 Å². The van der Waals surface area contributed by atoms with Crippen LogP contribution in [-0.4, -0.2) is 23.0 Å². The standard InChI is InChI=1S/C53H31B2N3O4/c1-3-15-32(16-4-1)57(33-17-5-2-6-18-33)34-27-46-50-48(28-34)61-52-40(54(50)38-21-9-13-25-44(38)59-46)31-41-53(56-52)62-49-30-35(29-47-51(49)55(41)39-22-10-14-26-45(39)60-47)58-42-23-11-7-19-36(42)37-20-8-12-24-43(37)58/h1-31H. The van der Waals surface area contributed by atoms with E-state index in [4.69, 9.17) is 23.9 Å². The molecule has 0 atom stereocenters. The minimum atomic E-state index is -0.198. The minimum absolute atomic E-state index is 0.192. The summed E-state index contributed by atoms with van der Waals surface area (Å²) in [6.45, 7) is -0.390. The second-order valence-electron chi connectivity index (χ2n) is 16.2. The SMILES string of the molecule is c1ccc(N(c2ccccc2)c2cc3c4c(c2)Oc2nc5c(cc2B4c2ccccc2O3)B2c3ccccc3Oc3cc(-n4c6ccccc6c6ccccc64)cc(c32)O5)cc1. The van der Waals surface area contributed by atoms with Crippen LogP contribution in [0.25, 0.3) is 27.5 Å². The molecule has 0 radical (unpaired) electrons. The Hall–Kier alpha value is -8.16. The molecule has 0 fully saturated rings.